The predicted octanol–water partition coefficient (Wildman–Crippen LogP) is 7.90. The average molecular weight is 605 g/mol. The van der Waals surface area contributed by atoms with Crippen LogP contribution in [0.2, 0.25) is 0 Å². The van der Waals surface area contributed by atoms with Crippen molar-refractivity contribution in [2.75, 3.05) is 47.7 Å². The van der Waals surface area contributed by atoms with Crippen LogP contribution in [-0.4, -0.2) is 59.7 Å². The van der Waals surface area contributed by atoms with Crippen LogP contribution >= 0.6 is 47.0 Å². The molecule has 0 spiro atoms. The zero-order valence-electron chi connectivity index (χ0n) is 23.5. The number of esters is 2. The van der Waals surface area contributed by atoms with Gasteiger partial charge < -0.3 is 9.47 Å². The number of thioether (sulfide) groups is 4. The molecular weight excluding hydrogens is 565 g/mol. The number of ether oxygens (including phenoxy) is 2. The molecule has 0 aliphatic carbocycles. The highest BCUT2D eigenvalue weighted by atomic mass is 32.2. The highest BCUT2D eigenvalue weighted by Crippen LogP contribution is 2.34. The summed E-state index contributed by atoms with van der Waals surface area (Å²) < 4.78 is 10.2. The molecule has 0 aromatic heterocycles. The van der Waals surface area contributed by atoms with E-state index < -0.39 is 0 Å². The lowest BCUT2D eigenvalue weighted by Gasteiger charge is -2.26. The van der Waals surface area contributed by atoms with E-state index in [9.17, 15) is 9.59 Å². The van der Waals surface area contributed by atoms with E-state index >= 15 is 0 Å². The van der Waals surface area contributed by atoms with E-state index in [-0.39, 0.29) is 17.4 Å². The van der Waals surface area contributed by atoms with Gasteiger partial charge in [-0.25, -0.2) is 9.59 Å². The third kappa shape index (κ3) is 12.5. The minimum atomic E-state index is -0.314. The van der Waals surface area contributed by atoms with E-state index in [0.717, 1.165) is 34.5 Å². The topological polar surface area (TPSA) is 52.6 Å². The van der Waals surface area contributed by atoms with Crippen LogP contribution < -0.4 is 0 Å². The van der Waals surface area contributed by atoms with Crippen LogP contribution in [0.5, 0.6) is 0 Å². The highest BCUT2D eigenvalue weighted by molar-refractivity contribution is 8.03. The summed E-state index contributed by atoms with van der Waals surface area (Å²) in [6.07, 6.45) is 0. The van der Waals surface area contributed by atoms with Crippen LogP contribution in [-0.2, 0) is 24.5 Å². The van der Waals surface area contributed by atoms with Crippen molar-refractivity contribution >= 4 is 59.0 Å². The van der Waals surface area contributed by atoms with Gasteiger partial charge in [-0.05, 0) is 49.2 Å². The van der Waals surface area contributed by atoms with E-state index in [1.807, 2.05) is 23.5 Å². The number of rotatable bonds is 18. The Morgan fingerprint density at radius 1 is 0.641 bits per heavy atom. The molecule has 0 N–H and O–H groups in total. The smallest absolute Gasteiger partial charge is 0.333 e. The van der Waals surface area contributed by atoms with Crippen molar-refractivity contribution in [3.63, 3.8) is 0 Å². The monoisotopic (exact) mass is 604 g/mol. The molecule has 0 radical (unpaired) electrons. The number of carbonyl (C=O) groups is 2. The summed E-state index contributed by atoms with van der Waals surface area (Å²) >= 11 is 7.29. The van der Waals surface area contributed by atoms with Crippen molar-refractivity contribution in [3.05, 3.63) is 84.0 Å². The molecule has 39 heavy (non-hydrogen) atoms. The van der Waals surface area contributed by atoms with Gasteiger partial charge in [-0.1, -0.05) is 51.3 Å². The van der Waals surface area contributed by atoms with E-state index in [0.29, 0.717) is 24.4 Å². The summed E-state index contributed by atoms with van der Waals surface area (Å²) in [6, 6.07) is 17.8. The summed E-state index contributed by atoms with van der Waals surface area (Å²) in [5.41, 5.74) is 3.39. The van der Waals surface area contributed by atoms with E-state index in [2.05, 4.69) is 75.5 Å². The lowest BCUT2D eigenvalue weighted by Crippen LogP contribution is -2.18. The largest absolute Gasteiger partial charge is 0.461 e. The van der Waals surface area contributed by atoms with Crippen molar-refractivity contribution in [3.8, 4) is 0 Å². The van der Waals surface area contributed by atoms with Gasteiger partial charge in [0.1, 0.15) is 13.2 Å². The summed E-state index contributed by atoms with van der Waals surface area (Å²) in [6.45, 7) is 15.9. The molecule has 2 aromatic carbocycles. The van der Waals surface area contributed by atoms with Crippen molar-refractivity contribution in [2.45, 2.75) is 42.9 Å². The molecule has 0 aliphatic heterocycles. The molecule has 2 rings (SSSR count). The molecule has 212 valence electrons. The summed E-state index contributed by atoms with van der Waals surface area (Å²) in [4.78, 5) is 25.3. The van der Waals surface area contributed by atoms with Gasteiger partial charge in [0.25, 0.3) is 0 Å². The van der Waals surface area contributed by atoms with Crippen molar-refractivity contribution in [1.29, 1.82) is 0 Å². The molecule has 0 fully saturated rings. The molecule has 0 atom stereocenters. The van der Waals surface area contributed by atoms with Crippen LogP contribution in [0.4, 0.5) is 0 Å². The number of carbonyl (C=O) groups excluding carboxylic acids is 2. The molecule has 0 unspecified atom stereocenters. The molecule has 2 aromatic rings. The van der Waals surface area contributed by atoms with Crippen molar-refractivity contribution < 1.29 is 19.1 Å². The first-order chi connectivity index (χ1) is 18.6. The second-order valence-electron chi connectivity index (χ2n) is 9.43. The van der Waals surface area contributed by atoms with Crippen LogP contribution in [0.1, 0.15) is 38.8 Å². The van der Waals surface area contributed by atoms with Gasteiger partial charge in [0.15, 0.2) is 0 Å². The Kier molecular flexibility index (Phi) is 15.3. The van der Waals surface area contributed by atoms with Crippen molar-refractivity contribution in [1.82, 2.24) is 0 Å². The Bertz CT molecular complexity index is 993. The molecule has 0 heterocycles. The van der Waals surface area contributed by atoms with E-state index in [1.165, 1.54) is 20.9 Å². The third-order valence-corrected chi connectivity index (χ3v) is 10.2. The number of hydrogen-bond acceptors (Lipinski definition) is 8. The predicted molar refractivity (Wildman–Crippen MR) is 173 cm³/mol. The van der Waals surface area contributed by atoms with Gasteiger partial charge in [-0.3, -0.25) is 0 Å². The van der Waals surface area contributed by atoms with Gasteiger partial charge in [0.05, 0.1) is 0 Å². The van der Waals surface area contributed by atoms with Crippen molar-refractivity contribution in [2.24, 2.45) is 0 Å². The Morgan fingerprint density at radius 2 is 1.00 bits per heavy atom. The SMILES string of the molecule is C=C(C)C(=O)OCCSCCSc1ccc(C(C)(C)c2ccc(SCCSCCOC(=O)C(=C)C)cc2)cc1. The van der Waals surface area contributed by atoms with Crippen LogP contribution in [0, 0.1) is 0 Å². The maximum atomic E-state index is 11.4. The maximum Gasteiger partial charge on any atom is 0.333 e. The van der Waals surface area contributed by atoms with Gasteiger partial charge >= 0.3 is 11.9 Å². The second kappa shape index (κ2) is 17.8. The third-order valence-electron chi connectivity index (χ3n) is 5.76. The fourth-order valence-electron chi connectivity index (χ4n) is 3.38. The minimum absolute atomic E-state index is 0.0828. The standard InChI is InChI=1S/C31H40O4S4/c1-23(2)29(32)34-15-17-36-19-21-38-27-11-7-25(8-12-27)31(5,6)26-9-13-28(14-10-26)39-22-20-37-18-16-35-30(33)24(3)4/h7-14H,1,3,15-22H2,2,4-6H3. The van der Waals surface area contributed by atoms with E-state index in [4.69, 9.17) is 9.47 Å². The Hall–Kier alpha value is -1.74. The first-order valence-electron chi connectivity index (χ1n) is 12.9. The summed E-state index contributed by atoms with van der Waals surface area (Å²) in [5.74, 6) is 5.03. The zero-order chi connectivity index (χ0) is 28.7. The molecule has 0 saturated heterocycles. The van der Waals surface area contributed by atoms with E-state index in [1.54, 1.807) is 37.4 Å². The Balaban J connectivity index is 1.70. The Morgan fingerprint density at radius 3 is 1.33 bits per heavy atom. The van der Waals surface area contributed by atoms with Gasteiger partial charge in [0.2, 0.25) is 0 Å². The molecule has 0 amide bonds. The quantitative estimate of drug-likeness (QED) is 0.0737. The molecule has 8 heteroatoms. The summed E-state index contributed by atoms with van der Waals surface area (Å²) in [5, 5.41) is 0. The normalized spacial score (nSPS) is 11.2. The molecule has 0 aliphatic rings. The number of hydrogen-bond donors (Lipinski definition) is 0. The second-order valence-corrected chi connectivity index (χ2v) is 14.2. The maximum absolute atomic E-state index is 11.4. The lowest BCUT2D eigenvalue weighted by molar-refractivity contribution is -0.139. The fraction of sp³-hybridized carbons (Fsp3) is 0.419. The molecule has 0 saturated carbocycles. The fourth-order valence-corrected chi connectivity index (χ4v) is 6.92. The highest BCUT2D eigenvalue weighted by Gasteiger charge is 2.23. The first-order valence-corrected chi connectivity index (χ1v) is 17.2. The number of benzene rings is 2. The van der Waals surface area contributed by atoms with Crippen LogP contribution in [0.25, 0.3) is 0 Å². The van der Waals surface area contributed by atoms with Crippen LogP contribution in [0.15, 0.2) is 82.6 Å². The van der Waals surface area contributed by atoms with Gasteiger partial charge in [-0.15, -0.1) is 23.5 Å². The minimum Gasteiger partial charge on any atom is -0.461 e. The average Bonchev–Trinajstić information content (AvgIpc) is 2.92. The molecule has 4 nitrogen and oxygen atoms in total. The Labute approximate surface area is 251 Å². The molecular formula is C31H40O4S4. The summed E-state index contributed by atoms with van der Waals surface area (Å²) in [7, 11) is 0. The van der Waals surface area contributed by atoms with Crippen LogP contribution in [0.3, 0.4) is 0 Å². The van der Waals surface area contributed by atoms with Gasteiger partial charge in [-0.2, -0.15) is 23.5 Å². The zero-order valence-corrected chi connectivity index (χ0v) is 26.7. The first kappa shape index (κ1) is 33.5. The lowest BCUT2D eigenvalue weighted by atomic mass is 9.78. The van der Waals surface area contributed by atoms with Gasteiger partial charge in [0, 0.05) is 60.9 Å². The molecule has 0 bridgehead atoms.